The van der Waals surface area contributed by atoms with Crippen LogP contribution in [0.5, 0.6) is 5.75 Å². The van der Waals surface area contributed by atoms with Gasteiger partial charge in [-0.2, -0.15) is 13.2 Å². The second kappa shape index (κ2) is 13.0. The van der Waals surface area contributed by atoms with E-state index in [1.54, 1.807) is 11.8 Å². The van der Waals surface area contributed by atoms with Crippen LogP contribution in [0, 0.1) is 0 Å². The molecule has 0 spiro atoms. The minimum Gasteiger partial charge on any atom is -0.487 e. The summed E-state index contributed by atoms with van der Waals surface area (Å²) in [4.78, 5) is 19.5. The number of thioether (sulfide) groups is 1. The molecule has 0 radical (unpaired) electrons. The molecule has 0 N–H and O–H groups in total. The molecule has 5 nitrogen and oxygen atoms in total. The molecule has 0 unspecified atom stereocenters. The van der Waals surface area contributed by atoms with Gasteiger partial charge in [0.15, 0.2) is 0 Å². The van der Waals surface area contributed by atoms with Crippen LogP contribution in [0.25, 0.3) is 10.9 Å². The van der Waals surface area contributed by atoms with Crippen molar-refractivity contribution in [3.8, 4) is 5.75 Å². The largest absolute Gasteiger partial charge is 0.487 e. The highest BCUT2D eigenvalue weighted by molar-refractivity contribution is 7.99. The van der Waals surface area contributed by atoms with Crippen molar-refractivity contribution in [2.45, 2.75) is 43.4 Å². The number of benzene rings is 2. The molecule has 0 fully saturated rings. The van der Waals surface area contributed by atoms with E-state index in [9.17, 15) is 18.0 Å². The van der Waals surface area contributed by atoms with Crippen molar-refractivity contribution < 1.29 is 22.3 Å². The van der Waals surface area contributed by atoms with Crippen LogP contribution in [0.1, 0.15) is 36.1 Å². The minimum absolute atomic E-state index is 0.201. The first-order valence-corrected chi connectivity index (χ1v) is 13.3. The average Bonchev–Trinajstić information content (AvgIpc) is 2.89. The van der Waals surface area contributed by atoms with Crippen LogP contribution in [0.15, 0.2) is 87.2 Å². The number of rotatable bonds is 12. The van der Waals surface area contributed by atoms with Gasteiger partial charge < -0.3 is 9.15 Å². The highest BCUT2D eigenvalue weighted by Gasteiger charge is 2.30. The lowest BCUT2D eigenvalue weighted by Gasteiger charge is -2.16. The van der Waals surface area contributed by atoms with Crippen molar-refractivity contribution in [2.75, 3.05) is 19.4 Å². The van der Waals surface area contributed by atoms with Crippen LogP contribution in [0.4, 0.5) is 13.2 Å². The standard InChI is InChI=1S/C29H29F3N2O3S/c1-34(18-21-8-4-2-5-9-21)19-23-17-26(35)27(20-37-23)36-14-6-3-7-15-38-28-12-13-33-25-16-22(29(30,31)32)10-11-24(25)28/h2,4-5,8-13,16-17,20H,3,6-7,14-15,18-19H2,1H3. The van der Waals surface area contributed by atoms with Gasteiger partial charge in [-0.1, -0.05) is 36.4 Å². The average molecular weight is 543 g/mol. The molecule has 2 aromatic carbocycles. The van der Waals surface area contributed by atoms with Crippen LogP contribution < -0.4 is 10.2 Å². The maximum Gasteiger partial charge on any atom is 0.416 e. The Morgan fingerprint density at radius 2 is 1.82 bits per heavy atom. The van der Waals surface area contributed by atoms with Gasteiger partial charge in [-0.25, -0.2) is 0 Å². The first-order valence-electron chi connectivity index (χ1n) is 12.4. The molecule has 9 heteroatoms. The van der Waals surface area contributed by atoms with E-state index in [2.05, 4.69) is 22.0 Å². The summed E-state index contributed by atoms with van der Waals surface area (Å²) in [6.45, 7) is 1.66. The number of halogens is 3. The van der Waals surface area contributed by atoms with Crippen molar-refractivity contribution >= 4 is 22.7 Å². The molecule has 2 aromatic heterocycles. The second-order valence-electron chi connectivity index (χ2n) is 9.03. The Bertz CT molecular complexity index is 1390. The van der Waals surface area contributed by atoms with Crippen LogP contribution >= 0.6 is 11.8 Å². The van der Waals surface area contributed by atoms with Crippen LogP contribution in [-0.4, -0.2) is 29.3 Å². The number of aromatic nitrogens is 1. The van der Waals surface area contributed by atoms with Crippen molar-refractivity contribution in [2.24, 2.45) is 0 Å². The second-order valence-corrected chi connectivity index (χ2v) is 10.2. The number of hydrogen-bond acceptors (Lipinski definition) is 6. The first kappa shape index (κ1) is 27.7. The lowest BCUT2D eigenvalue weighted by atomic mass is 10.1. The van der Waals surface area contributed by atoms with Gasteiger partial charge in [-0.05, 0) is 55.8 Å². The zero-order valence-corrected chi connectivity index (χ0v) is 21.9. The quantitative estimate of drug-likeness (QED) is 0.140. The van der Waals surface area contributed by atoms with Crippen molar-refractivity contribution in [1.29, 1.82) is 0 Å². The molecule has 0 aliphatic heterocycles. The molecular formula is C29H29F3N2O3S. The van der Waals surface area contributed by atoms with Crippen molar-refractivity contribution in [3.05, 3.63) is 100 Å². The highest BCUT2D eigenvalue weighted by Crippen LogP contribution is 2.34. The van der Waals surface area contributed by atoms with Crippen LogP contribution in [-0.2, 0) is 19.3 Å². The van der Waals surface area contributed by atoms with Gasteiger partial charge in [-0.15, -0.1) is 11.8 Å². The molecule has 4 rings (SSSR count). The number of nitrogens with zero attached hydrogens (tertiary/aromatic N) is 2. The predicted molar refractivity (Wildman–Crippen MR) is 143 cm³/mol. The fourth-order valence-electron chi connectivity index (χ4n) is 4.01. The summed E-state index contributed by atoms with van der Waals surface area (Å²) in [6.07, 6.45) is 1.10. The van der Waals surface area contributed by atoms with Crippen LogP contribution in [0.3, 0.4) is 0 Å². The Morgan fingerprint density at radius 3 is 2.58 bits per heavy atom. The van der Waals surface area contributed by atoms with E-state index in [0.29, 0.717) is 24.4 Å². The van der Waals surface area contributed by atoms with Gasteiger partial charge in [0, 0.05) is 29.1 Å². The molecule has 0 saturated carbocycles. The lowest BCUT2D eigenvalue weighted by molar-refractivity contribution is -0.137. The minimum atomic E-state index is -4.39. The van der Waals surface area contributed by atoms with Gasteiger partial charge >= 0.3 is 6.18 Å². The summed E-state index contributed by atoms with van der Waals surface area (Å²) in [5.41, 5.74) is 0.627. The van der Waals surface area contributed by atoms with E-state index in [1.807, 2.05) is 31.3 Å². The number of unbranched alkanes of at least 4 members (excludes halogenated alkanes) is 2. The Kier molecular flexibility index (Phi) is 9.47. The monoisotopic (exact) mass is 542 g/mol. The summed E-state index contributed by atoms with van der Waals surface area (Å²) in [5, 5.41) is 0.718. The van der Waals surface area contributed by atoms with Crippen LogP contribution in [0.2, 0.25) is 0 Å². The summed E-state index contributed by atoms with van der Waals surface area (Å²) in [7, 11) is 1.97. The maximum absolute atomic E-state index is 13.0. The van der Waals surface area contributed by atoms with Gasteiger partial charge in [0.25, 0.3) is 0 Å². The number of ether oxygens (including phenoxy) is 1. The molecule has 0 atom stereocenters. The predicted octanol–water partition coefficient (Wildman–Crippen LogP) is 7.18. The fraction of sp³-hybridized carbons (Fsp3) is 0.310. The van der Waals surface area contributed by atoms with Crippen molar-refractivity contribution in [3.63, 3.8) is 0 Å². The third-order valence-corrected chi connectivity index (χ3v) is 7.07. The molecule has 2 heterocycles. The lowest BCUT2D eigenvalue weighted by Crippen LogP contribution is -2.18. The molecule has 4 aromatic rings. The molecule has 0 bridgehead atoms. The number of pyridine rings is 1. The number of hydrogen-bond donors (Lipinski definition) is 0. The Morgan fingerprint density at radius 1 is 1.00 bits per heavy atom. The SMILES string of the molecule is CN(Cc1ccccc1)Cc1cc(=O)c(OCCCCCSc2ccnc3cc(C(F)(F)F)ccc23)co1. The topological polar surface area (TPSA) is 55.6 Å². The first-order chi connectivity index (χ1) is 18.3. The zero-order chi connectivity index (χ0) is 27.0. The summed E-state index contributed by atoms with van der Waals surface area (Å²) in [5.74, 6) is 1.60. The van der Waals surface area contributed by atoms with E-state index in [0.717, 1.165) is 54.0 Å². The van der Waals surface area contributed by atoms with E-state index >= 15 is 0 Å². The Balaban J connectivity index is 1.17. The number of alkyl halides is 3. The van der Waals surface area contributed by atoms with Crippen molar-refractivity contribution in [1.82, 2.24) is 9.88 Å². The van der Waals surface area contributed by atoms with E-state index in [4.69, 9.17) is 9.15 Å². The molecule has 38 heavy (non-hydrogen) atoms. The Labute approximate surface area is 223 Å². The van der Waals surface area contributed by atoms with Gasteiger partial charge in [0.05, 0.1) is 24.2 Å². The van der Waals surface area contributed by atoms with E-state index < -0.39 is 11.7 Å². The number of fused-ring (bicyclic) bond motifs is 1. The molecular weight excluding hydrogens is 513 g/mol. The zero-order valence-electron chi connectivity index (χ0n) is 21.0. The van der Waals surface area contributed by atoms with Gasteiger partial charge in [0.2, 0.25) is 11.2 Å². The van der Waals surface area contributed by atoms with Gasteiger partial charge in [-0.3, -0.25) is 14.7 Å². The smallest absolute Gasteiger partial charge is 0.416 e. The summed E-state index contributed by atoms with van der Waals surface area (Å²) < 4.78 is 50.1. The van der Waals surface area contributed by atoms with E-state index in [1.165, 1.54) is 30.2 Å². The normalized spacial score (nSPS) is 11.8. The fourth-order valence-corrected chi connectivity index (χ4v) is 5.07. The third-order valence-electron chi connectivity index (χ3n) is 5.91. The van der Waals surface area contributed by atoms with E-state index in [-0.39, 0.29) is 11.2 Å². The molecule has 0 saturated heterocycles. The molecule has 0 aliphatic rings. The summed E-state index contributed by atoms with van der Waals surface area (Å²) >= 11 is 1.60. The third kappa shape index (κ3) is 7.85. The molecule has 200 valence electrons. The van der Waals surface area contributed by atoms with Gasteiger partial charge in [0.1, 0.15) is 12.0 Å². The molecule has 0 amide bonds. The molecule has 0 aliphatic carbocycles. The Hall–Kier alpha value is -3.30. The summed E-state index contributed by atoms with van der Waals surface area (Å²) in [6, 6.07) is 17.0. The highest BCUT2D eigenvalue weighted by atomic mass is 32.2. The maximum atomic E-state index is 13.0.